The monoisotopic (exact) mass is 314 g/mol. The number of aromatic nitrogens is 2. The molecule has 0 atom stereocenters. The maximum Gasteiger partial charge on any atom is 0.251 e. The maximum absolute atomic E-state index is 12.2. The molecule has 0 aliphatic carbocycles. The Morgan fingerprint density at radius 1 is 1.17 bits per heavy atom. The number of imidazole rings is 1. The normalized spacial score (nSPS) is 11.4. The van der Waals surface area contributed by atoms with E-state index < -0.39 is 0 Å². The highest BCUT2D eigenvalue weighted by atomic mass is 16.1. The van der Waals surface area contributed by atoms with E-state index in [-0.39, 0.29) is 5.91 Å². The summed E-state index contributed by atoms with van der Waals surface area (Å²) in [5.74, 6) is -0.0327. The second kappa shape index (κ2) is 7.92. The van der Waals surface area contributed by atoms with Gasteiger partial charge in [0, 0.05) is 48.8 Å². The summed E-state index contributed by atoms with van der Waals surface area (Å²) in [6.45, 7) is 10.2. The van der Waals surface area contributed by atoms with Gasteiger partial charge in [0.2, 0.25) is 0 Å². The molecule has 5 nitrogen and oxygen atoms in total. The zero-order valence-electron chi connectivity index (χ0n) is 14.4. The van der Waals surface area contributed by atoms with Gasteiger partial charge in [0.15, 0.2) is 0 Å². The summed E-state index contributed by atoms with van der Waals surface area (Å²) >= 11 is 0. The molecule has 1 heterocycles. The quantitative estimate of drug-likeness (QED) is 0.855. The van der Waals surface area contributed by atoms with E-state index in [0.29, 0.717) is 24.2 Å². The lowest BCUT2D eigenvalue weighted by Crippen LogP contribution is -2.42. The first kappa shape index (κ1) is 17.2. The molecule has 23 heavy (non-hydrogen) atoms. The second-order valence-corrected chi connectivity index (χ2v) is 6.20. The number of rotatable bonds is 7. The number of carbonyl (C=O) groups excluding carboxylic acids is 1. The smallest absolute Gasteiger partial charge is 0.251 e. The Hall–Kier alpha value is -2.14. The number of carbonyl (C=O) groups is 1. The van der Waals surface area contributed by atoms with Gasteiger partial charge in [-0.15, -0.1) is 0 Å². The Balaban J connectivity index is 1.88. The van der Waals surface area contributed by atoms with Crippen LogP contribution in [0.4, 0.5) is 0 Å². The molecule has 2 aromatic rings. The summed E-state index contributed by atoms with van der Waals surface area (Å²) < 4.78 is 1.91. The minimum atomic E-state index is -0.0327. The summed E-state index contributed by atoms with van der Waals surface area (Å²) in [5, 5.41) is 2.99. The van der Waals surface area contributed by atoms with Gasteiger partial charge < -0.3 is 9.88 Å². The number of hydrogen-bond donors (Lipinski definition) is 1. The van der Waals surface area contributed by atoms with E-state index in [1.54, 1.807) is 12.5 Å². The van der Waals surface area contributed by atoms with Crippen molar-refractivity contribution in [1.29, 1.82) is 0 Å². The van der Waals surface area contributed by atoms with Crippen molar-refractivity contribution < 1.29 is 4.79 Å². The molecule has 0 saturated carbocycles. The highest BCUT2D eigenvalue weighted by molar-refractivity contribution is 5.94. The van der Waals surface area contributed by atoms with Crippen LogP contribution in [0.2, 0.25) is 0 Å². The van der Waals surface area contributed by atoms with Crippen molar-refractivity contribution in [3.63, 3.8) is 0 Å². The molecular formula is C18H26N4O. The van der Waals surface area contributed by atoms with Gasteiger partial charge in [0.1, 0.15) is 0 Å². The van der Waals surface area contributed by atoms with Crippen LogP contribution < -0.4 is 5.32 Å². The van der Waals surface area contributed by atoms with Gasteiger partial charge in [-0.2, -0.15) is 0 Å². The molecule has 0 fully saturated rings. The lowest BCUT2D eigenvalue weighted by Gasteiger charge is -2.30. The number of nitrogens with one attached hydrogen (secondary N) is 1. The minimum Gasteiger partial charge on any atom is -0.351 e. The van der Waals surface area contributed by atoms with Crippen LogP contribution in [-0.2, 0) is 0 Å². The molecule has 0 bridgehead atoms. The van der Waals surface area contributed by atoms with Crippen LogP contribution in [0.25, 0.3) is 5.69 Å². The van der Waals surface area contributed by atoms with Gasteiger partial charge in [-0.25, -0.2) is 4.98 Å². The number of nitrogens with zero attached hydrogens (tertiary/aromatic N) is 3. The number of amides is 1. The third-order valence-corrected chi connectivity index (χ3v) is 3.91. The van der Waals surface area contributed by atoms with Crippen molar-refractivity contribution in [2.75, 3.05) is 13.1 Å². The van der Waals surface area contributed by atoms with Crippen molar-refractivity contribution in [3.05, 3.63) is 48.5 Å². The zero-order chi connectivity index (χ0) is 16.8. The average molecular weight is 314 g/mol. The van der Waals surface area contributed by atoms with E-state index in [4.69, 9.17) is 0 Å². The molecule has 5 heteroatoms. The molecule has 2 rings (SSSR count). The van der Waals surface area contributed by atoms with Crippen LogP contribution >= 0.6 is 0 Å². The number of hydrogen-bond acceptors (Lipinski definition) is 3. The predicted octanol–water partition coefficient (Wildman–Crippen LogP) is 2.72. The highest BCUT2D eigenvalue weighted by Gasteiger charge is 2.13. The molecule has 1 aromatic carbocycles. The second-order valence-electron chi connectivity index (χ2n) is 6.20. The molecule has 0 saturated heterocycles. The highest BCUT2D eigenvalue weighted by Crippen LogP contribution is 2.09. The lowest BCUT2D eigenvalue weighted by molar-refractivity contribution is 0.0939. The van der Waals surface area contributed by atoms with Crippen LogP contribution in [-0.4, -0.2) is 45.5 Å². The van der Waals surface area contributed by atoms with Gasteiger partial charge in [-0.3, -0.25) is 9.69 Å². The third-order valence-electron chi connectivity index (χ3n) is 3.91. The fraction of sp³-hybridized carbons (Fsp3) is 0.444. The van der Waals surface area contributed by atoms with Crippen LogP contribution in [0.3, 0.4) is 0 Å². The van der Waals surface area contributed by atoms with Gasteiger partial charge >= 0.3 is 0 Å². The molecular weight excluding hydrogens is 288 g/mol. The minimum absolute atomic E-state index is 0.0327. The molecule has 1 amide bonds. The van der Waals surface area contributed by atoms with Crippen molar-refractivity contribution >= 4 is 5.91 Å². The van der Waals surface area contributed by atoms with E-state index in [9.17, 15) is 4.79 Å². The van der Waals surface area contributed by atoms with Gasteiger partial charge in [0.05, 0.1) is 6.33 Å². The Bertz CT molecular complexity index is 594. The average Bonchev–Trinajstić information content (AvgIpc) is 3.05. The van der Waals surface area contributed by atoms with Crippen LogP contribution in [0.15, 0.2) is 43.0 Å². The van der Waals surface area contributed by atoms with Crippen LogP contribution in [0.5, 0.6) is 0 Å². The van der Waals surface area contributed by atoms with Crippen LogP contribution in [0.1, 0.15) is 38.1 Å². The van der Waals surface area contributed by atoms with Crippen molar-refractivity contribution in [3.8, 4) is 5.69 Å². The van der Waals surface area contributed by atoms with Crippen molar-refractivity contribution in [2.24, 2.45) is 0 Å². The van der Waals surface area contributed by atoms with E-state index in [2.05, 4.69) is 42.9 Å². The summed E-state index contributed by atoms with van der Waals surface area (Å²) in [6, 6.07) is 8.47. The summed E-state index contributed by atoms with van der Waals surface area (Å²) in [7, 11) is 0. The molecule has 0 radical (unpaired) electrons. The maximum atomic E-state index is 12.2. The zero-order valence-corrected chi connectivity index (χ0v) is 14.4. The van der Waals surface area contributed by atoms with E-state index in [1.807, 2.05) is 35.0 Å². The van der Waals surface area contributed by atoms with E-state index in [1.165, 1.54) is 0 Å². The summed E-state index contributed by atoms with van der Waals surface area (Å²) in [6.07, 6.45) is 5.35. The molecule has 0 unspecified atom stereocenters. The van der Waals surface area contributed by atoms with Gasteiger partial charge in [-0.1, -0.05) is 0 Å². The first-order chi connectivity index (χ1) is 11.0. The van der Waals surface area contributed by atoms with E-state index in [0.717, 1.165) is 12.2 Å². The van der Waals surface area contributed by atoms with Gasteiger partial charge in [-0.05, 0) is 52.0 Å². The standard InChI is InChI=1S/C18H26N4O/c1-14(2)22(15(3)4)12-10-20-18(23)16-5-7-17(8-6-16)21-11-9-19-13-21/h5-9,11,13-15H,10,12H2,1-4H3,(H,20,23). The van der Waals surface area contributed by atoms with Crippen LogP contribution in [0, 0.1) is 0 Å². The Morgan fingerprint density at radius 3 is 2.35 bits per heavy atom. The fourth-order valence-corrected chi connectivity index (χ4v) is 2.71. The van der Waals surface area contributed by atoms with E-state index >= 15 is 0 Å². The topological polar surface area (TPSA) is 50.2 Å². The van der Waals surface area contributed by atoms with Gasteiger partial charge in [0.25, 0.3) is 5.91 Å². The van der Waals surface area contributed by atoms with Crippen molar-refractivity contribution in [1.82, 2.24) is 19.8 Å². The Morgan fingerprint density at radius 2 is 1.83 bits per heavy atom. The lowest BCUT2D eigenvalue weighted by atomic mass is 10.2. The molecule has 0 spiro atoms. The predicted molar refractivity (Wildman–Crippen MR) is 92.9 cm³/mol. The van der Waals surface area contributed by atoms with Crippen molar-refractivity contribution in [2.45, 2.75) is 39.8 Å². The SMILES string of the molecule is CC(C)N(CCNC(=O)c1ccc(-n2ccnc2)cc1)C(C)C. The third kappa shape index (κ3) is 4.66. The fourth-order valence-electron chi connectivity index (χ4n) is 2.71. The largest absolute Gasteiger partial charge is 0.351 e. The Kier molecular flexibility index (Phi) is 5.93. The molecule has 124 valence electrons. The summed E-state index contributed by atoms with van der Waals surface area (Å²) in [4.78, 5) is 18.6. The first-order valence-corrected chi connectivity index (χ1v) is 8.11. The molecule has 1 N–H and O–H groups in total. The molecule has 1 aromatic heterocycles. The summed E-state index contributed by atoms with van der Waals surface area (Å²) in [5.41, 5.74) is 1.67. The molecule has 0 aliphatic rings. The molecule has 0 aliphatic heterocycles. The number of benzene rings is 1. The first-order valence-electron chi connectivity index (χ1n) is 8.11. The Labute approximate surface area is 138 Å².